The van der Waals surface area contributed by atoms with E-state index in [1.165, 1.54) is 16.8 Å². The number of hydrogen-bond donors (Lipinski definition) is 1. The molecule has 2 aromatic carbocycles. The first kappa shape index (κ1) is 20.4. The first-order chi connectivity index (χ1) is 13.5. The maximum Gasteiger partial charge on any atom is 0.238 e. The Labute approximate surface area is 168 Å². The highest BCUT2D eigenvalue weighted by Crippen LogP contribution is 2.19. The van der Waals surface area contributed by atoms with Crippen LogP contribution < -0.4 is 10.2 Å². The van der Waals surface area contributed by atoms with E-state index in [2.05, 4.69) is 60.5 Å². The molecule has 1 aliphatic rings. The average Bonchev–Trinajstić information content (AvgIpc) is 2.69. The summed E-state index contributed by atoms with van der Waals surface area (Å²) in [6.45, 7) is 8.86. The molecule has 1 heterocycles. The number of anilines is 2. The second-order valence-electron chi connectivity index (χ2n) is 7.76. The third-order valence-electron chi connectivity index (χ3n) is 5.04. The molecule has 1 amide bonds. The van der Waals surface area contributed by atoms with Crippen LogP contribution in [0.25, 0.3) is 0 Å². The van der Waals surface area contributed by atoms with Gasteiger partial charge in [0.25, 0.3) is 0 Å². The Kier molecular flexibility index (Phi) is 7.06. The van der Waals surface area contributed by atoms with E-state index in [1.54, 1.807) is 0 Å². The van der Waals surface area contributed by atoms with Gasteiger partial charge in [0.15, 0.2) is 0 Å². The van der Waals surface area contributed by atoms with E-state index in [4.69, 9.17) is 4.74 Å². The van der Waals surface area contributed by atoms with E-state index in [0.717, 1.165) is 38.5 Å². The van der Waals surface area contributed by atoms with E-state index in [-0.39, 0.29) is 5.91 Å². The lowest BCUT2D eigenvalue weighted by molar-refractivity contribution is -0.117. The largest absolute Gasteiger partial charge is 0.378 e. The lowest BCUT2D eigenvalue weighted by Crippen LogP contribution is -2.36. The predicted octanol–water partition coefficient (Wildman–Crippen LogP) is 3.72. The maximum atomic E-state index is 12.4. The molecule has 28 heavy (non-hydrogen) atoms. The van der Waals surface area contributed by atoms with Gasteiger partial charge in [-0.3, -0.25) is 9.69 Å². The van der Waals surface area contributed by atoms with Crippen LogP contribution in [-0.4, -0.2) is 50.7 Å². The molecule has 5 heteroatoms. The van der Waals surface area contributed by atoms with Crippen molar-refractivity contribution in [1.82, 2.24) is 4.90 Å². The summed E-state index contributed by atoms with van der Waals surface area (Å²) in [7, 11) is 1.97. The number of likely N-dealkylation sites (N-methyl/N-ethyl adjacent to an activating group) is 1. The summed E-state index contributed by atoms with van der Waals surface area (Å²) in [5.41, 5.74) is 4.55. The molecule has 150 valence electrons. The zero-order valence-electron chi connectivity index (χ0n) is 17.1. The summed E-state index contributed by atoms with van der Waals surface area (Å²) in [5.74, 6) is 0.535. The van der Waals surface area contributed by atoms with Crippen LogP contribution in [0.1, 0.15) is 30.9 Å². The lowest BCUT2D eigenvalue weighted by atomic mass is 10.0. The Morgan fingerprint density at radius 2 is 1.71 bits per heavy atom. The number of carbonyl (C=O) groups excluding carboxylic acids is 1. The van der Waals surface area contributed by atoms with Gasteiger partial charge in [-0.1, -0.05) is 38.1 Å². The van der Waals surface area contributed by atoms with Gasteiger partial charge >= 0.3 is 0 Å². The van der Waals surface area contributed by atoms with E-state index < -0.39 is 0 Å². The highest BCUT2D eigenvalue weighted by atomic mass is 16.5. The van der Waals surface area contributed by atoms with Crippen molar-refractivity contribution in [2.45, 2.75) is 26.3 Å². The Bertz CT molecular complexity index is 750. The normalized spacial score (nSPS) is 14.5. The number of carbonyl (C=O) groups is 1. The molecule has 2 aromatic rings. The van der Waals surface area contributed by atoms with Crippen molar-refractivity contribution in [1.29, 1.82) is 0 Å². The third kappa shape index (κ3) is 5.81. The lowest BCUT2D eigenvalue weighted by Gasteiger charge is -2.28. The first-order valence-corrected chi connectivity index (χ1v) is 10.0. The second-order valence-corrected chi connectivity index (χ2v) is 7.76. The highest BCUT2D eigenvalue weighted by Gasteiger charge is 2.12. The van der Waals surface area contributed by atoms with E-state index in [9.17, 15) is 4.79 Å². The van der Waals surface area contributed by atoms with Gasteiger partial charge in [-0.15, -0.1) is 0 Å². The monoisotopic (exact) mass is 381 g/mol. The predicted molar refractivity (Wildman–Crippen MR) is 115 cm³/mol. The van der Waals surface area contributed by atoms with E-state index in [1.807, 2.05) is 24.1 Å². The van der Waals surface area contributed by atoms with Crippen LogP contribution in [0, 0.1) is 0 Å². The van der Waals surface area contributed by atoms with Crippen LogP contribution in [0.3, 0.4) is 0 Å². The standard InChI is InChI=1S/C23H31N3O2/c1-18(2)20-6-4-19(5-7-20)16-25(3)17-23(27)24-21-8-10-22(11-9-21)26-12-14-28-15-13-26/h4-11,18H,12-17H2,1-3H3,(H,24,27). The quantitative estimate of drug-likeness (QED) is 0.794. The number of benzene rings is 2. The molecule has 0 unspecified atom stereocenters. The van der Waals surface area contributed by atoms with Crippen molar-refractivity contribution in [2.75, 3.05) is 50.1 Å². The van der Waals surface area contributed by atoms with E-state index in [0.29, 0.717) is 12.5 Å². The molecule has 0 atom stereocenters. The molecule has 0 aromatic heterocycles. The molecule has 0 saturated carbocycles. The second kappa shape index (κ2) is 9.71. The van der Waals surface area contributed by atoms with Gasteiger partial charge < -0.3 is 15.0 Å². The smallest absolute Gasteiger partial charge is 0.238 e. The number of nitrogens with zero attached hydrogens (tertiary/aromatic N) is 2. The van der Waals surface area contributed by atoms with Gasteiger partial charge in [0.05, 0.1) is 19.8 Å². The number of amides is 1. The molecular weight excluding hydrogens is 350 g/mol. The van der Waals surface area contributed by atoms with Gasteiger partial charge in [0, 0.05) is 31.0 Å². The Hall–Kier alpha value is -2.37. The van der Waals surface area contributed by atoms with Crippen LogP contribution in [0.2, 0.25) is 0 Å². The fourth-order valence-electron chi connectivity index (χ4n) is 3.40. The minimum Gasteiger partial charge on any atom is -0.378 e. The minimum atomic E-state index is 0.000392. The fraction of sp³-hybridized carbons (Fsp3) is 0.435. The van der Waals surface area contributed by atoms with Crippen molar-refractivity contribution < 1.29 is 9.53 Å². The number of ether oxygens (including phenoxy) is 1. The Morgan fingerprint density at radius 1 is 1.07 bits per heavy atom. The summed E-state index contributed by atoms with van der Waals surface area (Å²) in [5, 5.41) is 2.99. The van der Waals surface area contributed by atoms with Gasteiger partial charge in [0.2, 0.25) is 5.91 Å². The number of hydrogen-bond acceptors (Lipinski definition) is 4. The van der Waals surface area contributed by atoms with Gasteiger partial charge in [0.1, 0.15) is 0 Å². The van der Waals surface area contributed by atoms with E-state index >= 15 is 0 Å². The molecule has 1 fully saturated rings. The van der Waals surface area contributed by atoms with Crippen molar-refractivity contribution in [3.8, 4) is 0 Å². The average molecular weight is 382 g/mol. The number of rotatable bonds is 7. The van der Waals surface area contributed by atoms with Crippen LogP contribution >= 0.6 is 0 Å². The summed E-state index contributed by atoms with van der Waals surface area (Å²) in [6.07, 6.45) is 0. The molecule has 0 aliphatic carbocycles. The summed E-state index contributed by atoms with van der Waals surface area (Å²) >= 11 is 0. The van der Waals surface area contributed by atoms with Crippen LogP contribution in [0.5, 0.6) is 0 Å². The van der Waals surface area contributed by atoms with Gasteiger partial charge in [-0.2, -0.15) is 0 Å². The summed E-state index contributed by atoms with van der Waals surface area (Å²) < 4.78 is 5.39. The molecular formula is C23H31N3O2. The van der Waals surface area contributed by atoms with Crippen LogP contribution in [-0.2, 0) is 16.1 Å². The fourth-order valence-corrected chi connectivity index (χ4v) is 3.40. The molecule has 1 N–H and O–H groups in total. The highest BCUT2D eigenvalue weighted by molar-refractivity contribution is 5.92. The SMILES string of the molecule is CC(C)c1ccc(CN(C)CC(=O)Nc2ccc(N3CCOCC3)cc2)cc1. The van der Waals surface area contributed by atoms with Crippen molar-refractivity contribution in [3.05, 3.63) is 59.7 Å². The molecule has 5 nitrogen and oxygen atoms in total. The summed E-state index contributed by atoms with van der Waals surface area (Å²) in [6, 6.07) is 16.7. The zero-order valence-corrected chi connectivity index (χ0v) is 17.1. The van der Waals surface area contributed by atoms with Crippen LogP contribution in [0.4, 0.5) is 11.4 Å². The van der Waals surface area contributed by atoms with Gasteiger partial charge in [-0.25, -0.2) is 0 Å². The third-order valence-corrected chi connectivity index (χ3v) is 5.04. The summed E-state index contributed by atoms with van der Waals surface area (Å²) in [4.78, 5) is 16.7. The van der Waals surface area contributed by atoms with Crippen molar-refractivity contribution in [2.24, 2.45) is 0 Å². The Morgan fingerprint density at radius 3 is 2.32 bits per heavy atom. The topological polar surface area (TPSA) is 44.8 Å². The molecule has 3 rings (SSSR count). The Balaban J connectivity index is 1.47. The molecule has 0 bridgehead atoms. The van der Waals surface area contributed by atoms with Gasteiger partial charge in [-0.05, 0) is 48.4 Å². The zero-order chi connectivity index (χ0) is 19.9. The van der Waals surface area contributed by atoms with Crippen LogP contribution in [0.15, 0.2) is 48.5 Å². The molecule has 1 aliphatic heterocycles. The number of nitrogens with one attached hydrogen (secondary N) is 1. The van der Waals surface area contributed by atoms with Crippen molar-refractivity contribution >= 4 is 17.3 Å². The molecule has 0 radical (unpaired) electrons. The van der Waals surface area contributed by atoms with Crippen molar-refractivity contribution in [3.63, 3.8) is 0 Å². The molecule has 0 spiro atoms. The number of morpholine rings is 1. The molecule has 1 saturated heterocycles. The first-order valence-electron chi connectivity index (χ1n) is 10.0. The minimum absolute atomic E-state index is 0.000392. The maximum absolute atomic E-state index is 12.4.